The number of hydrogen-bond donors (Lipinski definition) is 0. The van der Waals surface area contributed by atoms with Crippen molar-refractivity contribution >= 4 is 17.4 Å². The first-order valence-corrected chi connectivity index (χ1v) is 4.49. The lowest BCUT2D eigenvalue weighted by atomic mass is 9.99. The van der Waals surface area contributed by atoms with Crippen LogP contribution >= 0.6 is 11.6 Å². The molecule has 0 unspecified atom stereocenters. The molecule has 5 heteroatoms. The predicted octanol–water partition coefficient (Wildman–Crippen LogP) is 3.87. The molecule has 0 heterocycles. The molecular formula is C10H8ClF3O. The SMILES string of the molecule is CC(=O)c1cc(Cl)cc(C(F)(F)F)c1C. The number of halogens is 4. The van der Waals surface area contributed by atoms with Gasteiger partial charge in [-0.2, -0.15) is 13.2 Å². The normalized spacial score (nSPS) is 11.6. The molecule has 0 radical (unpaired) electrons. The van der Waals surface area contributed by atoms with Crippen LogP contribution in [-0.2, 0) is 6.18 Å². The van der Waals surface area contributed by atoms with Gasteiger partial charge in [0, 0.05) is 10.6 Å². The number of carbonyl (C=O) groups excluding carboxylic acids is 1. The van der Waals surface area contributed by atoms with Gasteiger partial charge in [-0.3, -0.25) is 4.79 Å². The van der Waals surface area contributed by atoms with Crippen LogP contribution < -0.4 is 0 Å². The number of ketones is 1. The molecule has 1 rings (SSSR count). The summed E-state index contributed by atoms with van der Waals surface area (Å²) in [5, 5.41) is -0.0851. The van der Waals surface area contributed by atoms with E-state index in [0.29, 0.717) is 0 Å². The minimum Gasteiger partial charge on any atom is -0.295 e. The summed E-state index contributed by atoms with van der Waals surface area (Å²) in [6.07, 6.45) is -4.49. The molecule has 0 aliphatic carbocycles. The van der Waals surface area contributed by atoms with Crippen molar-refractivity contribution in [2.75, 3.05) is 0 Å². The van der Waals surface area contributed by atoms with E-state index in [0.717, 1.165) is 6.07 Å². The zero-order valence-corrected chi connectivity index (χ0v) is 8.83. The molecule has 0 aliphatic heterocycles. The summed E-state index contributed by atoms with van der Waals surface area (Å²) in [6.45, 7) is 2.47. The van der Waals surface area contributed by atoms with E-state index in [9.17, 15) is 18.0 Å². The standard InChI is InChI=1S/C10H8ClF3O/c1-5-8(6(2)15)3-7(11)4-9(5)10(12,13)14/h3-4H,1-2H3. The molecule has 0 saturated carbocycles. The zero-order chi connectivity index (χ0) is 11.8. The fourth-order valence-electron chi connectivity index (χ4n) is 1.34. The monoisotopic (exact) mass is 236 g/mol. The maximum atomic E-state index is 12.5. The molecule has 1 nitrogen and oxygen atoms in total. The van der Waals surface area contributed by atoms with E-state index in [-0.39, 0.29) is 16.1 Å². The third-order valence-corrected chi connectivity index (χ3v) is 2.28. The van der Waals surface area contributed by atoms with Crippen molar-refractivity contribution in [3.63, 3.8) is 0 Å². The zero-order valence-electron chi connectivity index (χ0n) is 8.07. The van der Waals surface area contributed by atoms with Crippen molar-refractivity contribution < 1.29 is 18.0 Å². The summed E-state index contributed by atoms with van der Waals surface area (Å²) in [5.41, 5.74) is -0.936. The van der Waals surface area contributed by atoms with Crippen LogP contribution in [-0.4, -0.2) is 5.78 Å². The Hall–Kier alpha value is -1.03. The van der Waals surface area contributed by atoms with Gasteiger partial charge in [0.05, 0.1) is 5.56 Å². The minimum absolute atomic E-state index is 0.00910. The number of hydrogen-bond acceptors (Lipinski definition) is 1. The molecule has 0 fully saturated rings. The Morgan fingerprint density at radius 2 is 1.87 bits per heavy atom. The molecule has 0 atom stereocenters. The van der Waals surface area contributed by atoms with Crippen LogP contribution in [0.15, 0.2) is 12.1 Å². The van der Waals surface area contributed by atoms with E-state index in [1.807, 2.05) is 0 Å². The lowest BCUT2D eigenvalue weighted by Gasteiger charge is -2.13. The summed E-state index contributed by atoms with van der Waals surface area (Å²) in [7, 11) is 0. The second-order valence-corrected chi connectivity index (χ2v) is 3.62. The fourth-order valence-corrected chi connectivity index (χ4v) is 1.56. The second kappa shape index (κ2) is 3.85. The molecule has 0 saturated heterocycles. The highest BCUT2D eigenvalue weighted by Gasteiger charge is 2.33. The van der Waals surface area contributed by atoms with Crippen molar-refractivity contribution in [2.24, 2.45) is 0 Å². The molecule has 1 aromatic carbocycles. The molecule has 15 heavy (non-hydrogen) atoms. The molecule has 0 aromatic heterocycles. The Morgan fingerprint density at radius 3 is 2.27 bits per heavy atom. The van der Waals surface area contributed by atoms with Crippen molar-refractivity contribution in [2.45, 2.75) is 20.0 Å². The van der Waals surface area contributed by atoms with Crippen LogP contribution in [0.4, 0.5) is 13.2 Å². The summed E-state index contributed by atoms with van der Waals surface area (Å²) in [6, 6.07) is 2.07. The minimum atomic E-state index is -4.49. The summed E-state index contributed by atoms with van der Waals surface area (Å²) in [4.78, 5) is 11.1. The van der Waals surface area contributed by atoms with Crippen LogP contribution in [0, 0.1) is 6.92 Å². The number of alkyl halides is 3. The lowest BCUT2D eigenvalue weighted by Crippen LogP contribution is -2.10. The molecule has 82 valence electrons. The third kappa shape index (κ3) is 2.50. The van der Waals surface area contributed by atoms with Gasteiger partial charge in [0.15, 0.2) is 5.78 Å². The van der Waals surface area contributed by atoms with E-state index in [1.54, 1.807) is 0 Å². The predicted molar refractivity (Wildman–Crippen MR) is 51.2 cm³/mol. The van der Waals surface area contributed by atoms with Crippen LogP contribution in [0.1, 0.15) is 28.4 Å². The number of benzene rings is 1. The Labute approximate surface area is 89.9 Å². The molecule has 0 amide bonds. The first kappa shape index (κ1) is 12.0. The summed E-state index contributed by atoms with van der Waals surface area (Å²) >= 11 is 5.52. The van der Waals surface area contributed by atoms with Gasteiger partial charge >= 0.3 is 6.18 Å². The lowest BCUT2D eigenvalue weighted by molar-refractivity contribution is -0.138. The molecule has 0 N–H and O–H groups in total. The Bertz CT molecular complexity index is 410. The van der Waals surface area contributed by atoms with Gasteiger partial charge in [-0.05, 0) is 31.5 Å². The topological polar surface area (TPSA) is 17.1 Å². The van der Waals surface area contributed by atoms with Gasteiger partial charge < -0.3 is 0 Å². The average molecular weight is 237 g/mol. The van der Waals surface area contributed by atoms with Crippen molar-refractivity contribution in [1.82, 2.24) is 0 Å². The van der Waals surface area contributed by atoms with Crippen molar-refractivity contribution in [1.29, 1.82) is 0 Å². The van der Waals surface area contributed by atoms with Crippen LogP contribution in [0.25, 0.3) is 0 Å². The van der Waals surface area contributed by atoms with Crippen molar-refractivity contribution in [3.8, 4) is 0 Å². The van der Waals surface area contributed by atoms with Gasteiger partial charge in [-0.1, -0.05) is 11.6 Å². The fraction of sp³-hybridized carbons (Fsp3) is 0.300. The Balaban J connectivity index is 3.49. The van der Waals surface area contributed by atoms with Gasteiger partial charge in [0.2, 0.25) is 0 Å². The van der Waals surface area contributed by atoms with E-state index in [4.69, 9.17) is 11.6 Å². The van der Waals surface area contributed by atoms with Crippen LogP contribution in [0.2, 0.25) is 5.02 Å². The van der Waals surface area contributed by atoms with E-state index < -0.39 is 17.5 Å². The second-order valence-electron chi connectivity index (χ2n) is 3.18. The molecule has 0 aliphatic rings. The van der Waals surface area contributed by atoms with E-state index >= 15 is 0 Å². The molecule has 1 aromatic rings. The number of Topliss-reactive ketones (excluding diaryl/α,β-unsaturated/α-hetero) is 1. The summed E-state index contributed by atoms with van der Waals surface area (Å²) < 4.78 is 37.5. The highest BCUT2D eigenvalue weighted by atomic mass is 35.5. The molecule has 0 bridgehead atoms. The molecular weight excluding hydrogens is 229 g/mol. The molecule has 0 spiro atoms. The Morgan fingerprint density at radius 1 is 1.33 bits per heavy atom. The highest BCUT2D eigenvalue weighted by molar-refractivity contribution is 6.31. The van der Waals surface area contributed by atoms with Crippen LogP contribution in [0.3, 0.4) is 0 Å². The van der Waals surface area contributed by atoms with Gasteiger partial charge in [0.25, 0.3) is 0 Å². The Kier molecular flexibility index (Phi) is 3.09. The number of rotatable bonds is 1. The van der Waals surface area contributed by atoms with E-state index in [1.165, 1.54) is 19.9 Å². The van der Waals surface area contributed by atoms with Crippen LogP contribution in [0.5, 0.6) is 0 Å². The van der Waals surface area contributed by atoms with Crippen molar-refractivity contribution in [3.05, 3.63) is 33.8 Å². The first-order chi connectivity index (χ1) is 6.73. The largest absolute Gasteiger partial charge is 0.416 e. The van der Waals surface area contributed by atoms with Gasteiger partial charge in [0.1, 0.15) is 0 Å². The van der Waals surface area contributed by atoms with E-state index in [2.05, 4.69) is 0 Å². The smallest absolute Gasteiger partial charge is 0.295 e. The maximum absolute atomic E-state index is 12.5. The quantitative estimate of drug-likeness (QED) is 0.677. The highest BCUT2D eigenvalue weighted by Crippen LogP contribution is 2.35. The summed E-state index contributed by atoms with van der Waals surface area (Å²) in [5.74, 6) is -0.430. The third-order valence-electron chi connectivity index (χ3n) is 2.06. The average Bonchev–Trinajstić information content (AvgIpc) is 2.06. The van der Waals surface area contributed by atoms with Gasteiger partial charge in [-0.25, -0.2) is 0 Å². The first-order valence-electron chi connectivity index (χ1n) is 4.11. The van der Waals surface area contributed by atoms with Gasteiger partial charge in [-0.15, -0.1) is 0 Å². The maximum Gasteiger partial charge on any atom is 0.416 e. The number of carbonyl (C=O) groups is 1.